The largest absolute Gasteiger partial charge is 0.369 e. The Morgan fingerprint density at radius 2 is 2.41 bits per heavy atom. The second kappa shape index (κ2) is 3.44. The van der Waals surface area contributed by atoms with Crippen LogP contribution in [0.1, 0.15) is 18.0 Å². The monoisotopic (exact) mass is 231 g/mol. The molecule has 1 unspecified atom stereocenters. The number of hydrogen-bond acceptors (Lipinski definition) is 4. The van der Waals surface area contributed by atoms with Crippen molar-refractivity contribution in [1.29, 1.82) is 0 Å². The summed E-state index contributed by atoms with van der Waals surface area (Å²) in [5.74, 6) is 0.465. The van der Waals surface area contributed by atoms with E-state index in [-0.39, 0.29) is 11.9 Å². The van der Waals surface area contributed by atoms with E-state index in [1.165, 1.54) is 0 Å². The zero-order valence-corrected chi connectivity index (χ0v) is 9.47. The smallest absolute Gasteiger partial charge is 0.222 e. The van der Waals surface area contributed by atoms with Crippen LogP contribution in [0.2, 0.25) is 0 Å². The van der Waals surface area contributed by atoms with Crippen LogP contribution in [-0.2, 0) is 4.79 Å². The van der Waals surface area contributed by atoms with E-state index < -0.39 is 0 Å². The first-order valence-corrected chi connectivity index (χ1v) is 5.52. The molecule has 0 spiro atoms. The fourth-order valence-electron chi connectivity index (χ4n) is 2.26. The van der Waals surface area contributed by atoms with Gasteiger partial charge in [-0.1, -0.05) is 0 Å². The average Bonchev–Trinajstić information content (AvgIpc) is 2.82. The molecule has 0 bridgehead atoms. The van der Waals surface area contributed by atoms with Crippen LogP contribution in [-0.4, -0.2) is 27.0 Å². The fraction of sp³-hybridized carbons (Fsp3) is 0.364. The molecule has 0 radical (unpaired) electrons. The first-order chi connectivity index (χ1) is 8.16. The number of rotatable bonds is 1. The molecular weight excluding hydrogens is 218 g/mol. The van der Waals surface area contributed by atoms with Crippen molar-refractivity contribution in [3.05, 3.63) is 17.8 Å². The third kappa shape index (κ3) is 1.44. The Morgan fingerprint density at radius 1 is 1.59 bits per heavy atom. The molecule has 1 aliphatic heterocycles. The summed E-state index contributed by atoms with van der Waals surface area (Å²) in [5.41, 5.74) is 8.52. The third-order valence-corrected chi connectivity index (χ3v) is 3.13. The maximum atomic E-state index is 11.3. The number of pyridine rings is 1. The molecule has 1 aliphatic rings. The lowest BCUT2D eigenvalue weighted by Gasteiger charge is -2.11. The number of carbonyl (C=O) groups excluding carboxylic acids is 1. The van der Waals surface area contributed by atoms with Gasteiger partial charge in [0.25, 0.3) is 0 Å². The Morgan fingerprint density at radius 3 is 3.12 bits per heavy atom. The third-order valence-electron chi connectivity index (χ3n) is 3.13. The van der Waals surface area contributed by atoms with E-state index in [9.17, 15) is 4.79 Å². The molecule has 3 N–H and O–H groups in total. The number of hydrogen-bond donors (Lipinski definition) is 2. The van der Waals surface area contributed by atoms with Gasteiger partial charge in [0.15, 0.2) is 5.65 Å². The maximum absolute atomic E-state index is 11.3. The maximum Gasteiger partial charge on any atom is 0.222 e. The highest BCUT2D eigenvalue weighted by molar-refractivity contribution is 5.81. The topological polar surface area (TPSA) is 85.8 Å². The van der Waals surface area contributed by atoms with Crippen LogP contribution < -0.4 is 11.1 Å². The Labute approximate surface area is 97.8 Å². The molecule has 2 aromatic heterocycles. The predicted octanol–water partition coefficient (Wildman–Crippen LogP) is 0.383. The van der Waals surface area contributed by atoms with E-state index in [0.717, 1.165) is 16.7 Å². The van der Waals surface area contributed by atoms with Crippen LogP contribution in [0, 0.1) is 6.92 Å². The van der Waals surface area contributed by atoms with Gasteiger partial charge in [-0.2, -0.15) is 0 Å². The molecule has 0 saturated carbocycles. The van der Waals surface area contributed by atoms with Gasteiger partial charge in [0.2, 0.25) is 11.9 Å². The van der Waals surface area contributed by atoms with E-state index >= 15 is 0 Å². The molecule has 88 valence electrons. The lowest BCUT2D eigenvalue weighted by Crippen LogP contribution is -2.16. The van der Waals surface area contributed by atoms with Crippen molar-refractivity contribution in [3.8, 4) is 0 Å². The molecule has 1 fully saturated rings. The number of nitrogens with zero attached hydrogens (tertiary/aromatic N) is 3. The van der Waals surface area contributed by atoms with E-state index in [2.05, 4.69) is 15.3 Å². The Hall–Kier alpha value is -2.11. The van der Waals surface area contributed by atoms with Gasteiger partial charge >= 0.3 is 0 Å². The quantitative estimate of drug-likeness (QED) is 0.743. The summed E-state index contributed by atoms with van der Waals surface area (Å²) in [5, 5.41) is 2.79. The standard InChI is InChI=1S/C11H13N5O/c1-6-2-3-13-10-9(6)15-11(12)16(10)7-4-8(17)14-5-7/h2-3,7H,4-5H2,1H3,(H2,12,15)(H,14,17). The van der Waals surface area contributed by atoms with Crippen LogP contribution in [0.3, 0.4) is 0 Å². The molecule has 1 atom stereocenters. The molecule has 6 nitrogen and oxygen atoms in total. The molecule has 6 heteroatoms. The molecule has 1 saturated heterocycles. The van der Waals surface area contributed by atoms with Gasteiger partial charge in [-0.25, -0.2) is 9.97 Å². The molecule has 2 aromatic rings. The highest BCUT2D eigenvalue weighted by Gasteiger charge is 2.27. The molecular formula is C11H13N5O. The van der Waals surface area contributed by atoms with Crippen molar-refractivity contribution in [2.75, 3.05) is 12.3 Å². The molecule has 0 aromatic carbocycles. The molecule has 1 amide bonds. The van der Waals surface area contributed by atoms with Crippen LogP contribution in [0.4, 0.5) is 5.95 Å². The van der Waals surface area contributed by atoms with E-state index in [0.29, 0.717) is 18.9 Å². The summed E-state index contributed by atoms with van der Waals surface area (Å²) in [4.78, 5) is 19.9. The summed E-state index contributed by atoms with van der Waals surface area (Å²) in [6.07, 6.45) is 2.17. The number of amides is 1. The lowest BCUT2D eigenvalue weighted by molar-refractivity contribution is -0.119. The number of aromatic nitrogens is 3. The van der Waals surface area contributed by atoms with Gasteiger partial charge in [0.05, 0.1) is 6.04 Å². The van der Waals surface area contributed by atoms with Crippen LogP contribution in [0.5, 0.6) is 0 Å². The average molecular weight is 231 g/mol. The minimum absolute atomic E-state index is 0.0156. The van der Waals surface area contributed by atoms with E-state index in [4.69, 9.17) is 5.73 Å². The minimum Gasteiger partial charge on any atom is -0.369 e. The summed E-state index contributed by atoms with van der Waals surface area (Å²) >= 11 is 0. The Balaban J connectivity index is 2.19. The van der Waals surface area contributed by atoms with Gasteiger partial charge in [-0.05, 0) is 18.6 Å². The van der Waals surface area contributed by atoms with Crippen LogP contribution in [0.15, 0.2) is 12.3 Å². The number of nitrogens with two attached hydrogens (primary N) is 1. The van der Waals surface area contributed by atoms with Crippen molar-refractivity contribution in [2.24, 2.45) is 0 Å². The van der Waals surface area contributed by atoms with E-state index in [1.54, 1.807) is 6.20 Å². The van der Waals surface area contributed by atoms with Crippen LogP contribution >= 0.6 is 0 Å². The highest BCUT2D eigenvalue weighted by Crippen LogP contribution is 2.26. The summed E-state index contributed by atoms with van der Waals surface area (Å²) in [6, 6.07) is 1.92. The van der Waals surface area contributed by atoms with Crippen molar-refractivity contribution >= 4 is 23.0 Å². The predicted molar refractivity (Wildman–Crippen MR) is 63.3 cm³/mol. The van der Waals surface area contributed by atoms with Crippen molar-refractivity contribution in [2.45, 2.75) is 19.4 Å². The van der Waals surface area contributed by atoms with Gasteiger partial charge in [0, 0.05) is 19.2 Å². The minimum atomic E-state index is 0.0156. The number of nitrogens with one attached hydrogen (secondary N) is 1. The summed E-state index contributed by atoms with van der Waals surface area (Å²) in [7, 11) is 0. The number of aryl methyl sites for hydroxylation is 1. The molecule has 3 heterocycles. The summed E-state index contributed by atoms with van der Waals surface area (Å²) < 4.78 is 1.85. The van der Waals surface area contributed by atoms with Gasteiger partial charge < -0.3 is 11.1 Å². The van der Waals surface area contributed by atoms with E-state index in [1.807, 2.05) is 17.6 Å². The van der Waals surface area contributed by atoms with Crippen molar-refractivity contribution in [3.63, 3.8) is 0 Å². The highest BCUT2D eigenvalue weighted by atomic mass is 16.1. The number of anilines is 1. The molecule has 3 rings (SSSR count). The normalized spacial score (nSPS) is 19.8. The fourth-order valence-corrected chi connectivity index (χ4v) is 2.26. The van der Waals surface area contributed by atoms with Crippen molar-refractivity contribution < 1.29 is 4.79 Å². The Kier molecular flexibility index (Phi) is 2.04. The zero-order chi connectivity index (χ0) is 12.0. The van der Waals surface area contributed by atoms with Crippen LogP contribution in [0.25, 0.3) is 11.2 Å². The second-order valence-corrected chi connectivity index (χ2v) is 4.30. The Bertz CT molecular complexity index is 603. The van der Waals surface area contributed by atoms with Gasteiger partial charge in [-0.3, -0.25) is 9.36 Å². The molecule has 17 heavy (non-hydrogen) atoms. The number of imidazole rings is 1. The van der Waals surface area contributed by atoms with Gasteiger partial charge in [-0.15, -0.1) is 0 Å². The first-order valence-electron chi connectivity index (χ1n) is 5.52. The van der Waals surface area contributed by atoms with Crippen molar-refractivity contribution in [1.82, 2.24) is 19.9 Å². The number of fused-ring (bicyclic) bond motifs is 1. The zero-order valence-electron chi connectivity index (χ0n) is 9.47. The second-order valence-electron chi connectivity index (χ2n) is 4.30. The van der Waals surface area contributed by atoms with Gasteiger partial charge in [0.1, 0.15) is 5.52 Å². The molecule has 0 aliphatic carbocycles. The SMILES string of the molecule is Cc1ccnc2c1nc(N)n2C1CNC(=O)C1. The summed E-state index contributed by atoms with van der Waals surface area (Å²) in [6.45, 7) is 2.56. The first kappa shape index (κ1) is 10.1. The number of carbonyl (C=O) groups is 1. The number of nitrogen functional groups attached to an aromatic ring is 1. The lowest BCUT2D eigenvalue weighted by atomic mass is 10.2.